The summed E-state index contributed by atoms with van der Waals surface area (Å²) in [5.41, 5.74) is 3.30. The third-order valence-electron chi connectivity index (χ3n) is 1.80. The van der Waals surface area contributed by atoms with Crippen molar-refractivity contribution in [3.05, 3.63) is 29.3 Å². The van der Waals surface area contributed by atoms with Crippen LogP contribution in [0.5, 0.6) is 0 Å². The van der Waals surface area contributed by atoms with Gasteiger partial charge < -0.3 is 5.84 Å². The molecule has 0 amide bonds. The van der Waals surface area contributed by atoms with E-state index in [9.17, 15) is 0 Å². The number of rotatable bonds is 2. The normalized spacial score (nSPS) is 11.5. The topological polar surface area (TPSA) is 50.7 Å². The maximum absolute atomic E-state index is 4.95. The fraction of sp³-hybridized carbons (Fsp3) is 0.200. The van der Waals surface area contributed by atoms with Gasteiger partial charge in [-0.25, -0.2) is 0 Å². The van der Waals surface area contributed by atoms with Crippen LogP contribution in [0, 0.1) is 13.8 Å². The van der Waals surface area contributed by atoms with Crippen LogP contribution in [0.3, 0.4) is 0 Å². The molecular weight excluding hydrogens is 162 g/mol. The highest BCUT2D eigenvalue weighted by atomic mass is 15.1. The SMILES string of the molecule is Cc1cccc(C)c1N=C/C=N\N. The number of hydrogen-bond acceptors (Lipinski definition) is 3. The molecule has 0 aromatic heterocycles. The van der Waals surface area contributed by atoms with Gasteiger partial charge in [-0.1, -0.05) is 18.2 Å². The number of hydrazone groups is 1. The molecule has 0 aliphatic heterocycles. The van der Waals surface area contributed by atoms with Gasteiger partial charge in [-0.15, -0.1) is 0 Å². The summed E-state index contributed by atoms with van der Waals surface area (Å²) in [6, 6.07) is 6.07. The van der Waals surface area contributed by atoms with E-state index in [-0.39, 0.29) is 0 Å². The van der Waals surface area contributed by atoms with Crippen LogP contribution in [-0.4, -0.2) is 12.4 Å². The Morgan fingerprint density at radius 3 is 2.31 bits per heavy atom. The van der Waals surface area contributed by atoms with Crippen molar-refractivity contribution in [2.75, 3.05) is 0 Å². The number of hydrogen-bond donors (Lipinski definition) is 1. The van der Waals surface area contributed by atoms with E-state index in [0.717, 1.165) is 16.8 Å². The summed E-state index contributed by atoms with van der Waals surface area (Å²) < 4.78 is 0. The average molecular weight is 175 g/mol. The van der Waals surface area contributed by atoms with Gasteiger partial charge in [0.15, 0.2) is 0 Å². The molecule has 1 aromatic rings. The van der Waals surface area contributed by atoms with Crippen molar-refractivity contribution in [2.45, 2.75) is 13.8 Å². The Hall–Kier alpha value is -1.64. The van der Waals surface area contributed by atoms with E-state index in [2.05, 4.69) is 10.1 Å². The molecule has 3 nitrogen and oxygen atoms in total. The zero-order valence-corrected chi connectivity index (χ0v) is 7.86. The minimum Gasteiger partial charge on any atom is -0.323 e. The first-order valence-electron chi connectivity index (χ1n) is 4.08. The number of benzene rings is 1. The Kier molecular flexibility index (Phi) is 3.20. The Balaban J connectivity index is 2.99. The summed E-state index contributed by atoms with van der Waals surface area (Å²) in [7, 11) is 0. The Labute approximate surface area is 78.0 Å². The lowest BCUT2D eigenvalue weighted by atomic mass is 10.1. The number of nitrogens with two attached hydrogens (primary N) is 1. The first-order chi connectivity index (χ1) is 6.25. The standard InChI is InChI=1S/C10H13N3/c1-8-4-3-5-9(2)10(8)12-6-7-13-11/h3-7H,11H2,1-2H3/b12-6?,13-7-. The van der Waals surface area contributed by atoms with Crippen LogP contribution in [-0.2, 0) is 0 Å². The van der Waals surface area contributed by atoms with Crippen molar-refractivity contribution >= 4 is 18.1 Å². The van der Waals surface area contributed by atoms with Gasteiger partial charge >= 0.3 is 0 Å². The van der Waals surface area contributed by atoms with E-state index in [0.29, 0.717) is 0 Å². The number of aryl methyl sites for hydroxylation is 2. The van der Waals surface area contributed by atoms with Crippen LogP contribution >= 0.6 is 0 Å². The first-order valence-corrected chi connectivity index (χ1v) is 4.08. The molecule has 0 saturated heterocycles. The third kappa shape index (κ3) is 2.40. The van der Waals surface area contributed by atoms with Gasteiger partial charge in [0.1, 0.15) is 0 Å². The molecule has 3 heteroatoms. The molecule has 0 fully saturated rings. The molecule has 0 aliphatic rings. The average Bonchev–Trinajstić information content (AvgIpc) is 2.10. The molecule has 0 bridgehead atoms. The Morgan fingerprint density at radius 2 is 1.77 bits per heavy atom. The van der Waals surface area contributed by atoms with E-state index >= 15 is 0 Å². The lowest BCUT2D eigenvalue weighted by Crippen LogP contribution is -1.85. The second-order valence-corrected chi connectivity index (χ2v) is 2.82. The van der Waals surface area contributed by atoms with Gasteiger partial charge in [0.05, 0.1) is 11.9 Å². The van der Waals surface area contributed by atoms with Crippen LogP contribution in [0.25, 0.3) is 0 Å². The molecule has 2 N–H and O–H groups in total. The van der Waals surface area contributed by atoms with E-state index in [1.54, 1.807) is 6.21 Å². The molecule has 0 heterocycles. The maximum atomic E-state index is 4.95. The van der Waals surface area contributed by atoms with Crippen LogP contribution in [0.1, 0.15) is 11.1 Å². The molecule has 0 aliphatic carbocycles. The zero-order chi connectivity index (χ0) is 9.68. The smallest absolute Gasteiger partial charge is 0.0688 e. The summed E-state index contributed by atoms with van der Waals surface area (Å²) in [6.07, 6.45) is 3.06. The summed E-state index contributed by atoms with van der Waals surface area (Å²) in [4.78, 5) is 4.24. The van der Waals surface area contributed by atoms with Crippen LogP contribution in [0.2, 0.25) is 0 Å². The summed E-state index contributed by atoms with van der Waals surface area (Å²) >= 11 is 0. The molecule has 68 valence electrons. The molecular formula is C10H13N3. The van der Waals surface area contributed by atoms with Gasteiger partial charge in [-0.3, -0.25) is 4.99 Å². The third-order valence-corrected chi connectivity index (χ3v) is 1.80. The van der Waals surface area contributed by atoms with Crippen molar-refractivity contribution < 1.29 is 0 Å². The quantitative estimate of drug-likeness (QED) is 0.417. The van der Waals surface area contributed by atoms with E-state index < -0.39 is 0 Å². The first kappa shape index (κ1) is 9.45. The molecule has 0 spiro atoms. The van der Waals surface area contributed by atoms with Crippen LogP contribution in [0.4, 0.5) is 5.69 Å². The minimum atomic E-state index is 0.988. The molecule has 0 saturated carbocycles. The van der Waals surface area contributed by atoms with Crippen molar-refractivity contribution in [2.24, 2.45) is 15.9 Å². The van der Waals surface area contributed by atoms with E-state index in [4.69, 9.17) is 5.84 Å². The van der Waals surface area contributed by atoms with Crippen molar-refractivity contribution in [3.63, 3.8) is 0 Å². The van der Waals surface area contributed by atoms with E-state index in [1.165, 1.54) is 6.21 Å². The van der Waals surface area contributed by atoms with Crippen molar-refractivity contribution in [1.29, 1.82) is 0 Å². The highest BCUT2D eigenvalue weighted by Crippen LogP contribution is 2.21. The van der Waals surface area contributed by atoms with Crippen molar-refractivity contribution in [1.82, 2.24) is 0 Å². The zero-order valence-electron chi connectivity index (χ0n) is 7.86. The predicted octanol–water partition coefficient (Wildman–Crippen LogP) is 1.95. The number of para-hydroxylation sites is 1. The maximum Gasteiger partial charge on any atom is 0.0688 e. The number of nitrogens with zero attached hydrogens (tertiary/aromatic N) is 2. The second-order valence-electron chi connectivity index (χ2n) is 2.82. The van der Waals surface area contributed by atoms with Crippen LogP contribution < -0.4 is 5.84 Å². The molecule has 1 rings (SSSR count). The number of aliphatic imine (C=N–C) groups is 1. The fourth-order valence-electron chi connectivity index (χ4n) is 1.16. The highest BCUT2D eigenvalue weighted by Gasteiger charge is 1.97. The summed E-state index contributed by atoms with van der Waals surface area (Å²) in [5, 5.41) is 3.34. The molecule has 13 heavy (non-hydrogen) atoms. The van der Waals surface area contributed by atoms with Gasteiger partial charge in [0.25, 0.3) is 0 Å². The lowest BCUT2D eigenvalue weighted by Gasteiger charge is -2.02. The fourth-order valence-corrected chi connectivity index (χ4v) is 1.16. The molecule has 0 atom stereocenters. The Bertz CT molecular complexity index is 320. The Morgan fingerprint density at radius 1 is 1.15 bits per heavy atom. The second kappa shape index (κ2) is 4.40. The van der Waals surface area contributed by atoms with Crippen LogP contribution in [0.15, 0.2) is 28.3 Å². The van der Waals surface area contributed by atoms with E-state index in [1.807, 2.05) is 32.0 Å². The highest BCUT2D eigenvalue weighted by molar-refractivity contribution is 6.16. The summed E-state index contributed by atoms with van der Waals surface area (Å²) in [6.45, 7) is 4.05. The predicted molar refractivity (Wildman–Crippen MR) is 56.7 cm³/mol. The molecule has 0 unspecified atom stereocenters. The summed E-state index contributed by atoms with van der Waals surface area (Å²) in [5.74, 6) is 4.95. The lowest BCUT2D eigenvalue weighted by molar-refractivity contribution is 1.27. The van der Waals surface area contributed by atoms with Gasteiger partial charge in [-0.05, 0) is 25.0 Å². The largest absolute Gasteiger partial charge is 0.323 e. The van der Waals surface area contributed by atoms with Gasteiger partial charge in [0.2, 0.25) is 0 Å². The molecule has 1 aromatic carbocycles. The van der Waals surface area contributed by atoms with Gasteiger partial charge in [0, 0.05) is 6.21 Å². The van der Waals surface area contributed by atoms with Crippen molar-refractivity contribution in [3.8, 4) is 0 Å². The minimum absolute atomic E-state index is 0.988. The molecule has 0 radical (unpaired) electrons. The monoisotopic (exact) mass is 175 g/mol. The van der Waals surface area contributed by atoms with Gasteiger partial charge in [-0.2, -0.15) is 5.10 Å².